The van der Waals surface area contributed by atoms with E-state index < -0.39 is 0 Å². The van der Waals surface area contributed by atoms with Gasteiger partial charge in [0.15, 0.2) is 0 Å². The van der Waals surface area contributed by atoms with Crippen LogP contribution >= 0.6 is 0 Å². The van der Waals surface area contributed by atoms with E-state index in [1.54, 1.807) is 7.11 Å². The summed E-state index contributed by atoms with van der Waals surface area (Å²) in [6.45, 7) is 3.10. The van der Waals surface area contributed by atoms with E-state index in [9.17, 15) is 4.79 Å². The van der Waals surface area contributed by atoms with Gasteiger partial charge in [0.05, 0.1) is 6.61 Å². The van der Waals surface area contributed by atoms with Crippen molar-refractivity contribution in [2.45, 2.75) is 20.1 Å². The van der Waals surface area contributed by atoms with Crippen molar-refractivity contribution in [2.75, 3.05) is 7.11 Å². The first kappa shape index (κ1) is 14.3. The van der Waals surface area contributed by atoms with E-state index in [1.165, 1.54) is 5.56 Å². The van der Waals surface area contributed by atoms with Gasteiger partial charge in [-0.1, -0.05) is 36.4 Å². The highest BCUT2D eigenvalue weighted by atomic mass is 16.5. The first-order valence-corrected chi connectivity index (χ1v) is 6.61. The molecule has 2 rings (SSSR count). The zero-order valence-corrected chi connectivity index (χ0v) is 11.8. The Kier molecular flexibility index (Phi) is 4.91. The minimum Gasteiger partial charge on any atom is -0.380 e. The van der Waals surface area contributed by atoms with Gasteiger partial charge in [-0.05, 0) is 35.7 Å². The van der Waals surface area contributed by atoms with E-state index in [0.717, 1.165) is 11.1 Å². The van der Waals surface area contributed by atoms with Crippen LogP contribution in [-0.4, -0.2) is 13.0 Å². The summed E-state index contributed by atoms with van der Waals surface area (Å²) in [4.78, 5) is 12.1. The molecule has 3 nitrogen and oxygen atoms in total. The fourth-order valence-corrected chi connectivity index (χ4v) is 2.06. The third-order valence-corrected chi connectivity index (χ3v) is 3.20. The monoisotopic (exact) mass is 269 g/mol. The molecule has 0 unspecified atom stereocenters. The molecule has 0 atom stereocenters. The molecular formula is C17H19NO2. The largest absolute Gasteiger partial charge is 0.380 e. The lowest BCUT2D eigenvalue weighted by Gasteiger charge is -2.09. The van der Waals surface area contributed by atoms with Crippen LogP contribution in [0.3, 0.4) is 0 Å². The van der Waals surface area contributed by atoms with Gasteiger partial charge in [-0.25, -0.2) is 0 Å². The highest BCUT2D eigenvalue weighted by Crippen LogP contribution is 2.09. The lowest BCUT2D eigenvalue weighted by molar-refractivity contribution is 0.0950. The zero-order chi connectivity index (χ0) is 14.4. The fraction of sp³-hybridized carbons (Fsp3) is 0.235. The highest BCUT2D eigenvalue weighted by Gasteiger charge is 2.06. The number of rotatable bonds is 5. The van der Waals surface area contributed by atoms with Crippen molar-refractivity contribution in [3.63, 3.8) is 0 Å². The summed E-state index contributed by atoms with van der Waals surface area (Å²) >= 11 is 0. The second kappa shape index (κ2) is 6.87. The van der Waals surface area contributed by atoms with Crippen molar-refractivity contribution < 1.29 is 9.53 Å². The molecular weight excluding hydrogens is 250 g/mol. The number of amides is 1. The Balaban J connectivity index is 2.01. The average molecular weight is 269 g/mol. The number of ether oxygens (including phenoxy) is 1. The van der Waals surface area contributed by atoms with Crippen LogP contribution in [0.15, 0.2) is 48.5 Å². The molecule has 0 heterocycles. The number of carbonyl (C=O) groups excluding carboxylic acids is 1. The van der Waals surface area contributed by atoms with E-state index in [0.29, 0.717) is 18.7 Å². The van der Waals surface area contributed by atoms with Crippen LogP contribution in [0, 0.1) is 6.92 Å². The molecule has 0 saturated carbocycles. The minimum absolute atomic E-state index is 0.0637. The van der Waals surface area contributed by atoms with Gasteiger partial charge in [-0.3, -0.25) is 4.79 Å². The number of aryl methyl sites for hydroxylation is 1. The Labute approximate surface area is 119 Å². The van der Waals surface area contributed by atoms with Crippen LogP contribution in [0.4, 0.5) is 0 Å². The van der Waals surface area contributed by atoms with Crippen molar-refractivity contribution in [1.29, 1.82) is 0 Å². The van der Waals surface area contributed by atoms with Crippen LogP contribution < -0.4 is 5.32 Å². The van der Waals surface area contributed by atoms with Crippen LogP contribution in [0.25, 0.3) is 0 Å². The molecule has 1 amide bonds. The second-order valence-corrected chi connectivity index (χ2v) is 4.74. The minimum atomic E-state index is -0.0637. The van der Waals surface area contributed by atoms with E-state index in [-0.39, 0.29) is 5.91 Å². The van der Waals surface area contributed by atoms with Crippen molar-refractivity contribution >= 4 is 5.91 Å². The number of nitrogens with one attached hydrogen (secondary N) is 1. The van der Waals surface area contributed by atoms with E-state index in [4.69, 9.17) is 4.74 Å². The predicted octanol–water partition coefficient (Wildman–Crippen LogP) is 3.07. The summed E-state index contributed by atoms with van der Waals surface area (Å²) in [5.74, 6) is -0.0637. The fourth-order valence-electron chi connectivity index (χ4n) is 2.06. The molecule has 104 valence electrons. The molecule has 1 N–H and O–H groups in total. The maximum absolute atomic E-state index is 12.1. The van der Waals surface area contributed by atoms with Gasteiger partial charge in [0.1, 0.15) is 0 Å². The van der Waals surface area contributed by atoms with Crippen molar-refractivity contribution in [2.24, 2.45) is 0 Å². The Morgan fingerprint density at radius 2 is 1.95 bits per heavy atom. The van der Waals surface area contributed by atoms with Gasteiger partial charge in [-0.15, -0.1) is 0 Å². The summed E-state index contributed by atoms with van der Waals surface area (Å²) in [5, 5.41) is 2.95. The molecule has 2 aromatic carbocycles. The number of hydrogen-bond donors (Lipinski definition) is 1. The Morgan fingerprint density at radius 1 is 1.15 bits per heavy atom. The van der Waals surface area contributed by atoms with Crippen LogP contribution in [0.5, 0.6) is 0 Å². The maximum atomic E-state index is 12.1. The lowest BCUT2D eigenvalue weighted by atomic mass is 10.1. The predicted molar refractivity (Wildman–Crippen MR) is 79.5 cm³/mol. The molecule has 0 bridgehead atoms. The maximum Gasteiger partial charge on any atom is 0.251 e. The van der Waals surface area contributed by atoms with E-state index in [1.807, 2.05) is 55.5 Å². The zero-order valence-electron chi connectivity index (χ0n) is 11.8. The van der Waals surface area contributed by atoms with Gasteiger partial charge in [0, 0.05) is 19.2 Å². The molecule has 0 aromatic heterocycles. The highest BCUT2D eigenvalue weighted by molar-refractivity contribution is 5.94. The molecule has 0 saturated heterocycles. The van der Waals surface area contributed by atoms with Crippen LogP contribution in [0.1, 0.15) is 27.0 Å². The van der Waals surface area contributed by atoms with Gasteiger partial charge in [0.25, 0.3) is 5.91 Å². The molecule has 0 aliphatic carbocycles. The molecule has 0 aliphatic heterocycles. The number of hydrogen-bond acceptors (Lipinski definition) is 2. The summed E-state index contributed by atoms with van der Waals surface area (Å²) in [5.41, 5.74) is 3.97. The Hall–Kier alpha value is -2.13. The van der Waals surface area contributed by atoms with Gasteiger partial charge >= 0.3 is 0 Å². The topological polar surface area (TPSA) is 38.3 Å². The molecule has 0 aliphatic rings. The number of benzene rings is 2. The standard InChI is InChI=1S/C17H19NO2/c1-13-6-3-4-8-16(13)11-18-17(19)15-9-5-7-14(10-15)12-20-2/h3-10H,11-12H2,1-2H3,(H,18,19). The number of methoxy groups -OCH3 is 1. The van der Waals surface area contributed by atoms with E-state index >= 15 is 0 Å². The average Bonchev–Trinajstić information content (AvgIpc) is 2.47. The summed E-state index contributed by atoms with van der Waals surface area (Å²) < 4.78 is 5.08. The van der Waals surface area contributed by atoms with Gasteiger partial charge < -0.3 is 10.1 Å². The SMILES string of the molecule is COCc1cccc(C(=O)NCc2ccccc2C)c1. The number of carbonyl (C=O) groups is 1. The Bertz CT molecular complexity index is 593. The third kappa shape index (κ3) is 3.68. The van der Waals surface area contributed by atoms with Crippen molar-refractivity contribution in [1.82, 2.24) is 5.32 Å². The second-order valence-electron chi connectivity index (χ2n) is 4.74. The third-order valence-electron chi connectivity index (χ3n) is 3.20. The molecule has 3 heteroatoms. The lowest BCUT2D eigenvalue weighted by Crippen LogP contribution is -2.23. The van der Waals surface area contributed by atoms with Crippen molar-refractivity contribution in [3.05, 3.63) is 70.8 Å². The van der Waals surface area contributed by atoms with Gasteiger partial charge in [-0.2, -0.15) is 0 Å². The van der Waals surface area contributed by atoms with Crippen molar-refractivity contribution in [3.8, 4) is 0 Å². The summed E-state index contributed by atoms with van der Waals surface area (Å²) in [6, 6.07) is 15.5. The van der Waals surface area contributed by atoms with Crippen LogP contribution in [0.2, 0.25) is 0 Å². The first-order valence-electron chi connectivity index (χ1n) is 6.61. The smallest absolute Gasteiger partial charge is 0.251 e. The van der Waals surface area contributed by atoms with Gasteiger partial charge in [0.2, 0.25) is 0 Å². The first-order chi connectivity index (χ1) is 9.70. The molecule has 0 radical (unpaired) electrons. The molecule has 0 fully saturated rings. The summed E-state index contributed by atoms with van der Waals surface area (Å²) in [6.07, 6.45) is 0. The molecule has 0 spiro atoms. The molecule has 20 heavy (non-hydrogen) atoms. The van der Waals surface area contributed by atoms with Crippen LogP contribution in [-0.2, 0) is 17.9 Å². The van der Waals surface area contributed by atoms with E-state index in [2.05, 4.69) is 5.32 Å². The molecule has 2 aromatic rings. The normalized spacial score (nSPS) is 10.3. The summed E-state index contributed by atoms with van der Waals surface area (Å²) in [7, 11) is 1.64. The quantitative estimate of drug-likeness (QED) is 0.906. The Morgan fingerprint density at radius 3 is 2.70 bits per heavy atom.